The number of halogens is 1. The van der Waals surface area contributed by atoms with Crippen molar-refractivity contribution in [3.8, 4) is 0 Å². The fourth-order valence-corrected chi connectivity index (χ4v) is 2.46. The second kappa shape index (κ2) is 5.12. The molecule has 3 unspecified atom stereocenters. The Morgan fingerprint density at radius 2 is 2.29 bits per heavy atom. The van der Waals surface area contributed by atoms with Gasteiger partial charge in [0.1, 0.15) is 5.82 Å². The zero-order valence-electron chi connectivity index (χ0n) is 10.2. The molecule has 1 aromatic rings. The lowest BCUT2D eigenvalue weighted by Gasteiger charge is -2.22. The monoisotopic (exact) mass is 238 g/mol. The molecule has 3 atom stereocenters. The smallest absolute Gasteiger partial charge is 0.128 e. The average molecular weight is 238 g/mol. The van der Waals surface area contributed by atoms with E-state index >= 15 is 0 Å². The molecule has 1 aromatic carbocycles. The van der Waals surface area contributed by atoms with Crippen molar-refractivity contribution in [3.05, 3.63) is 35.1 Å². The van der Waals surface area contributed by atoms with Crippen LogP contribution in [0.2, 0.25) is 0 Å². The first-order valence-corrected chi connectivity index (χ1v) is 5.95. The second-order valence-corrected chi connectivity index (χ2v) is 4.81. The molecule has 0 aromatic heterocycles. The van der Waals surface area contributed by atoms with Gasteiger partial charge in [-0.1, -0.05) is 17.7 Å². The lowest BCUT2D eigenvalue weighted by atomic mass is 9.90. The van der Waals surface area contributed by atoms with Crippen molar-refractivity contribution in [2.75, 3.05) is 6.61 Å². The number of aryl methyl sites for hydroxylation is 1. The minimum atomic E-state index is -0.210. The number of hydrazine groups is 1. The third kappa shape index (κ3) is 2.65. The SMILES string of the molecule is Cc1ccc(F)c(C(NN)C2COC(C)C2)c1. The number of hydrogen-bond acceptors (Lipinski definition) is 3. The normalized spacial score (nSPS) is 26.1. The molecule has 94 valence electrons. The molecule has 1 fully saturated rings. The number of nitrogens with one attached hydrogen (secondary N) is 1. The van der Waals surface area contributed by atoms with Crippen LogP contribution in [0.5, 0.6) is 0 Å². The Morgan fingerprint density at radius 3 is 2.88 bits per heavy atom. The van der Waals surface area contributed by atoms with Crippen LogP contribution in [0.3, 0.4) is 0 Å². The third-order valence-corrected chi connectivity index (χ3v) is 3.37. The van der Waals surface area contributed by atoms with Crippen LogP contribution in [-0.4, -0.2) is 12.7 Å². The predicted octanol–water partition coefficient (Wildman–Crippen LogP) is 2.06. The zero-order valence-corrected chi connectivity index (χ0v) is 10.2. The maximum Gasteiger partial charge on any atom is 0.128 e. The van der Waals surface area contributed by atoms with E-state index in [-0.39, 0.29) is 23.9 Å². The van der Waals surface area contributed by atoms with Crippen molar-refractivity contribution >= 4 is 0 Å². The van der Waals surface area contributed by atoms with Gasteiger partial charge in [0.2, 0.25) is 0 Å². The summed E-state index contributed by atoms with van der Waals surface area (Å²) in [5, 5.41) is 0. The summed E-state index contributed by atoms with van der Waals surface area (Å²) in [6.07, 6.45) is 1.13. The number of benzene rings is 1. The standard InChI is InChI=1S/C13H19FN2O/c1-8-3-4-12(14)11(5-8)13(16-15)10-6-9(2)17-7-10/h3-5,9-10,13,16H,6-7,15H2,1-2H3. The summed E-state index contributed by atoms with van der Waals surface area (Å²) in [6, 6.07) is 4.93. The Kier molecular flexibility index (Phi) is 3.76. The van der Waals surface area contributed by atoms with Crippen LogP contribution in [0.15, 0.2) is 18.2 Å². The van der Waals surface area contributed by atoms with Gasteiger partial charge >= 0.3 is 0 Å². The van der Waals surface area contributed by atoms with Gasteiger partial charge < -0.3 is 4.74 Å². The van der Waals surface area contributed by atoms with E-state index in [2.05, 4.69) is 5.43 Å². The van der Waals surface area contributed by atoms with E-state index in [1.807, 2.05) is 19.9 Å². The highest BCUT2D eigenvalue weighted by Gasteiger charge is 2.31. The highest BCUT2D eigenvalue weighted by atomic mass is 19.1. The largest absolute Gasteiger partial charge is 0.378 e. The van der Waals surface area contributed by atoms with Crippen molar-refractivity contribution in [2.45, 2.75) is 32.4 Å². The maximum absolute atomic E-state index is 13.8. The van der Waals surface area contributed by atoms with Gasteiger partial charge in [0, 0.05) is 11.5 Å². The molecule has 1 heterocycles. The van der Waals surface area contributed by atoms with E-state index < -0.39 is 0 Å². The maximum atomic E-state index is 13.8. The molecule has 17 heavy (non-hydrogen) atoms. The van der Waals surface area contributed by atoms with E-state index in [4.69, 9.17) is 10.6 Å². The summed E-state index contributed by atoms with van der Waals surface area (Å²) in [4.78, 5) is 0. The van der Waals surface area contributed by atoms with E-state index in [9.17, 15) is 4.39 Å². The average Bonchev–Trinajstić information content (AvgIpc) is 2.71. The molecule has 3 nitrogen and oxygen atoms in total. The van der Waals surface area contributed by atoms with E-state index in [1.165, 1.54) is 6.07 Å². The summed E-state index contributed by atoms with van der Waals surface area (Å²) >= 11 is 0. The van der Waals surface area contributed by atoms with Gasteiger partial charge in [0.25, 0.3) is 0 Å². The molecule has 1 aliphatic rings. The van der Waals surface area contributed by atoms with Gasteiger partial charge in [-0.2, -0.15) is 0 Å². The summed E-state index contributed by atoms with van der Waals surface area (Å²) in [5.41, 5.74) is 4.40. The van der Waals surface area contributed by atoms with Crippen LogP contribution >= 0.6 is 0 Å². The van der Waals surface area contributed by atoms with Gasteiger partial charge in [-0.05, 0) is 26.3 Å². The number of hydrogen-bond donors (Lipinski definition) is 2. The van der Waals surface area contributed by atoms with Gasteiger partial charge in [-0.25, -0.2) is 4.39 Å². The first-order valence-electron chi connectivity index (χ1n) is 5.95. The van der Waals surface area contributed by atoms with Crippen molar-refractivity contribution < 1.29 is 9.13 Å². The number of rotatable bonds is 3. The van der Waals surface area contributed by atoms with Crippen LogP contribution < -0.4 is 11.3 Å². The molecule has 0 aliphatic carbocycles. The van der Waals surface area contributed by atoms with E-state index in [0.717, 1.165) is 12.0 Å². The van der Waals surface area contributed by atoms with Crippen molar-refractivity contribution in [1.29, 1.82) is 0 Å². The van der Waals surface area contributed by atoms with Gasteiger partial charge in [0.05, 0.1) is 18.8 Å². The topological polar surface area (TPSA) is 47.3 Å². The fraction of sp³-hybridized carbons (Fsp3) is 0.538. The Labute approximate surface area is 101 Å². The second-order valence-electron chi connectivity index (χ2n) is 4.81. The van der Waals surface area contributed by atoms with Gasteiger partial charge in [-0.15, -0.1) is 0 Å². The predicted molar refractivity (Wildman–Crippen MR) is 64.7 cm³/mol. The summed E-state index contributed by atoms with van der Waals surface area (Å²) in [5.74, 6) is 5.59. The Balaban J connectivity index is 2.25. The molecule has 1 saturated heterocycles. The molecule has 2 rings (SSSR count). The third-order valence-electron chi connectivity index (χ3n) is 3.37. The van der Waals surface area contributed by atoms with E-state index in [1.54, 1.807) is 6.07 Å². The van der Waals surface area contributed by atoms with Gasteiger partial charge in [-0.3, -0.25) is 11.3 Å². The first-order chi connectivity index (χ1) is 8.11. The summed E-state index contributed by atoms with van der Waals surface area (Å²) < 4.78 is 19.3. The fourth-order valence-electron chi connectivity index (χ4n) is 2.46. The molecule has 4 heteroatoms. The molecule has 0 radical (unpaired) electrons. The molecule has 1 aliphatic heterocycles. The van der Waals surface area contributed by atoms with Crippen molar-refractivity contribution in [2.24, 2.45) is 11.8 Å². The Morgan fingerprint density at radius 1 is 1.53 bits per heavy atom. The quantitative estimate of drug-likeness (QED) is 0.626. The van der Waals surface area contributed by atoms with Crippen LogP contribution in [0, 0.1) is 18.7 Å². The summed E-state index contributed by atoms with van der Waals surface area (Å²) in [7, 11) is 0. The van der Waals surface area contributed by atoms with Crippen LogP contribution in [0.4, 0.5) is 4.39 Å². The zero-order chi connectivity index (χ0) is 12.4. The highest BCUT2D eigenvalue weighted by Crippen LogP contribution is 2.32. The van der Waals surface area contributed by atoms with E-state index in [0.29, 0.717) is 12.2 Å². The van der Waals surface area contributed by atoms with Crippen LogP contribution in [0.25, 0.3) is 0 Å². The molecule has 3 N–H and O–H groups in total. The molecular formula is C13H19FN2O. The molecule has 0 amide bonds. The lowest BCUT2D eigenvalue weighted by molar-refractivity contribution is 0.116. The minimum absolute atomic E-state index is 0.181. The summed E-state index contributed by atoms with van der Waals surface area (Å²) in [6.45, 7) is 4.61. The number of nitrogens with two attached hydrogens (primary N) is 1. The molecular weight excluding hydrogens is 219 g/mol. The van der Waals surface area contributed by atoms with Gasteiger partial charge in [0.15, 0.2) is 0 Å². The number of ether oxygens (including phenoxy) is 1. The van der Waals surface area contributed by atoms with Crippen molar-refractivity contribution in [3.63, 3.8) is 0 Å². The lowest BCUT2D eigenvalue weighted by Crippen LogP contribution is -2.34. The molecule has 0 bridgehead atoms. The van der Waals surface area contributed by atoms with Crippen molar-refractivity contribution in [1.82, 2.24) is 5.43 Å². The first kappa shape index (κ1) is 12.5. The molecule has 0 saturated carbocycles. The highest BCUT2D eigenvalue weighted by molar-refractivity contribution is 5.27. The minimum Gasteiger partial charge on any atom is -0.378 e. The van der Waals surface area contributed by atoms with Crippen LogP contribution in [-0.2, 0) is 4.74 Å². The van der Waals surface area contributed by atoms with Crippen LogP contribution in [0.1, 0.15) is 30.5 Å². The Bertz CT molecular complexity index is 397. The molecule has 0 spiro atoms. The Hall–Kier alpha value is -0.970.